The topological polar surface area (TPSA) is 56.1 Å². The molecule has 1 atom stereocenters. The Bertz CT molecular complexity index is 368. The van der Waals surface area contributed by atoms with Crippen LogP contribution in [0.3, 0.4) is 0 Å². The first-order chi connectivity index (χ1) is 9.69. The van der Waals surface area contributed by atoms with Crippen molar-refractivity contribution < 1.29 is 4.79 Å². The third-order valence-electron chi connectivity index (χ3n) is 4.87. The summed E-state index contributed by atoms with van der Waals surface area (Å²) in [6, 6.07) is 2.90. The number of piperidine rings is 1. The molecule has 4 nitrogen and oxygen atoms in total. The second-order valence-electron chi connectivity index (χ2n) is 6.33. The van der Waals surface area contributed by atoms with Gasteiger partial charge in [0.15, 0.2) is 0 Å². The molecule has 1 saturated heterocycles. The van der Waals surface area contributed by atoms with Crippen LogP contribution in [0.25, 0.3) is 0 Å². The molecule has 2 aliphatic rings. The van der Waals surface area contributed by atoms with Crippen LogP contribution in [-0.2, 0) is 4.79 Å². The van der Waals surface area contributed by atoms with Crippen LogP contribution in [0.2, 0.25) is 0 Å². The highest BCUT2D eigenvalue weighted by Gasteiger charge is 2.34. The number of likely N-dealkylation sites (tertiary alicyclic amines) is 1. The number of hydrogen-bond donors (Lipinski definition) is 1. The molecule has 0 aromatic heterocycles. The van der Waals surface area contributed by atoms with Crippen molar-refractivity contribution in [1.82, 2.24) is 10.2 Å². The maximum absolute atomic E-state index is 12.3. The van der Waals surface area contributed by atoms with Gasteiger partial charge in [-0.25, -0.2) is 0 Å². The lowest BCUT2D eigenvalue weighted by molar-refractivity contribution is -0.124. The minimum absolute atomic E-state index is 0.0359. The summed E-state index contributed by atoms with van der Waals surface area (Å²) >= 11 is 0. The highest BCUT2D eigenvalue weighted by atomic mass is 16.2. The fourth-order valence-electron chi connectivity index (χ4n) is 3.64. The van der Waals surface area contributed by atoms with E-state index in [-0.39, 0.29) is 5.91 Å². The molecule has 0 spiro atoms. The van der Waals surface area contributed by atoms with Gasteiger partial charge < -0.3 is 5.32 Å². The van der Waals surface area contributed by atoms with Crippen LogP contribution in [0.1, 0.15) is 64.7 Å². The number of rotatable bonds is 4. The van der Waals surface area contributed by atoms with Crippen LogP contribution >= 0.6 is 0 Å². The molecule has 1 amide bonds. The lowest BCUT2D eigenvalue weighted by Crippen LogP contribution is -2.53. The minimum Gasteiger partial charge on any atom is -0.337 e. The van der Waals surface area contributed by atoms with Gasteiger partial charge in [-0.15, -0.1) is 0 Å². The number of nitrogens with zero attached hydrogens (tertiary/aromatic N) is 2. The summed E-state index contributed by atoms with van der Waals surface area (Å²) in [5.74, 6) is 0.0359. The standard InChI is InChI=1S/C16H27N3O/c1-2-14-8-4-7-11-19(14)12-15(20)18-16(13-17)9-5-3-6-10-16/h14H,2-12H2,1H3,(H,18,20). The average molecular weight is 277 g/mol. The van der Waals surface area contributed by atoms with E-state index in [9.17, 15) is 10.1 Å². The Hall–Kier alpha value is -1.08. The monoisotopic (exact) mass is 277 g/mol. The molecule has 1 N–H and O–H groups in total. The van der Waals surface area contributed by atoms with Gasteiger partial charge in [0, 0.05) is 6.04 Å². The molecule has 0 aromatic rings. The highest BCUT2D eigenvalue weighted by molar-refractivity contribution is 5.79. The van der Waals surface area contributed by atoms with Gasteiger partial charge in [0.1, 0.15) is 5.54 Å². The predicted octanol–water partition coefficient (Wildman–Crippen LogP) is 2.59. The van der Waals surface area contributed by atoms with E-state index in [2.05, 4.69) is 23.2 Å². The molecule has 1 unspecified atom stereocenters. The van der Waals surface area contributed by atoms with Crippen LogP contribution < -0.4 is 5.32 Å². The quantitative estimate of drug-likeness (QED) is 0.859. The third kappa shape index (κ3) is 3.73. The number of nitriles is 1. The van der Waals surface area contributed by atoms with Gasteiger partial charge in [-0.2, -0.15) is 5.26 Å². The number of carbonyl (C=O) groups excluding carboxylic acids is 1. The second-order valence-corrected chi connectivity index (χ2v) is 6.33. The van der Waals surface area contributed by atoms with E-state index in [1.54, 1.807) is 0 Å². The third-order valence-corrected chi connectivity index (χ3v) is 4.87. The van der Waals surface area contributed by atoms with Crippen molar-refractivity contribution in [3.63, 3.8) is 0 Å². The number of carbonyl (C=O) groups is 1. The lowest BCUT2D eigenvalue weighted by Gasteiger charge is -2.36. The maximum atomic E-state index is 12.3. The summed E-state index contributed by atoms with van der Waals surface area (Å²) in [7, 11) is 0. The number of amides is 1. The van der Waals surface area contributed by atoms with Crippen molar-refractivity contribution in [2.45, 2.75) is 76.3 Å². The van der Waals surface area contributed by atoms with Crippen molar-refractivity contribution in [2.75, 3.05) is 13.1 Å². The van der Waals surface area contributed by atoms with Crippen molar-refractivity contribution in [3.05, 3.63) is 0 Å². The predicted molar refractivity (Wildman–Crippen MR) is 79.1 cm³/mol. The molecular weight excluding hydrogens is 250 g/mol. The average Bonchev–Trinajstić information content (AvgIpc) is 2.48. The van der Waals surface area contributed by atoms with E-state index in [1.165, 1.54) is 25.7 Å². The van der Waals surface area contributed by atoms with Gasteiger partial charge in [0.2, 0.25) is 5.91 Å². The summed E-state index contributed by atoms with van der Waals surface area (Å²) in [4.78, 5) is 14.6. The lowest BCUT2D eigenvalue weighted by atomic mass is 9.83. The Morgan fingerprint density at radius 3 is 2.70 bits per heavy atom. The molecule has 0 radical (unpaired) electrons. The summed E-state index contributed by atoms with van der Waals surface area (Å²) in [6.07, 6.45) is 9.68. The molecule has 0 bridgehead atoms. The molecule has 1 aliphatic heterocycles. The summed E-state index contributed by atoms with van der Waals surface area (Å²) in [5, 5.41) is 12.4. The molecule has 1 saturated carbocycles. The van der Waals surface area contributed by atoms with Gasteiger partial charge in [-0.1, -0.05) is 32.6 Å². The van der Waals surface area contributed by atoms with Crippen LogP contribution in [0, 0.1) is 11.3 Å². The zero-order valence-corrected chi connectivity index (χ0v) is 12.7. The van der Waals surface area contributed by atoms with Crippen LogP contribution in [0.4, 0.5) is 0 Å². The van der Waals surface area contributed by atoms with Crippen molar-refractivity contribution >= 4 is 5.91 Å². The zero-order valence-electron chi connectivity index (χ0n) is 12.7. The van der Waals surface area contributed by atoms with Gasteiger partial charge in [0.25, 0.3) is 0 Å². The fourth-order valence-corrected chi connectivity index (χ4v) is 3.64. The molecule has 0 aromatic carbocycles. The molecule has 20 heavy (non-hydrogen) atoms. The maximum Gasteiger partial charge on any atom is 0.235 e. The summed E-state index contributed by atoms with van der Waals surface area (Å²) in [5.41, 5.74) is -0.590. The SMILES string of the molecule is CCC1CCCCN1CC(=O)NC1(C#N)CCCCC1. The summed E-state index contributed by atoms with van der Waals surface area (Å²) < 4.78 is 0. The van der Waals surface area contributed by atoms with E-state index in [0.717, 1.165) is 38.6 Å². The van der Waals surface area contributed by atoms with Crippen LogP contribution in [0.5, 0.6) is 0 Å². The molecule has 2 rings (SSSR count). The van der Waals surface area contributed by atoms with E-state index < -0.39 is 5.54 Å². The molecular formula is C16H27N3O. The molecule has 4 heteroatoms. The highest BCUT2D eigenvalue weighted by Crippen LogP contribution is 2.27. The molecule has 2 fully saturated rings. The van der Waals surface area contributed by atoms with Gasteiger partial charge in [0.05, 0.1) is 12.6 Å². The normalized spacial score (nSPS) is 26.7. The van der Waals surface area contributed by atoms with E-state index >= 15 is 0 Å². The van der Waals surface area contributed by atoms with Crippen molar-refractivity contribution in [3.8, 4) is 6.07 Å². The first-order valence-corrected chi connectivity index (χ1v) is 8.15. The fraction of sp³-hybridized carbons (Fsp3) is 0.875. The first-order valence-electron chi connectivity index (χ1n) is 8.15. The Kier molecular flexibility index (Phi) is 5.42. The number of hydrogen-bond acceptors (Lipinski definition) is 3. The minimum atomic E-state index is -0.590. The smallest absolute Gasteiger partial charge is 0.235 e. The van der Waals surface area contributed by atoms with E-state index in [4.69, 9.17) is 0 Å². The molecule has 1 heterocycles. The Labute approximate surface area is 122 Å². The van der Waals surface area contributed by atoms with Crippen molar-refractivity contribution in [1.29, 1.82) is 5.26 Å². The zero-order chi connectivity index (χ0) is 14.4. The Balaban J connectivity index is 1.89. The van der Waals surface area contributed by atoms with Crippen LogP contribution in [-0.4, -0.2) is 35.5 Å². The van der Waals surface area contributed by atoms with E-state index in [1.807, 2.05) is 0 Å². The molecule has 112 valence electrons. The van der Waals surface area contributed by atoms with Gasteiger partial charge in [-0.05, 0) is 38.6 Å². The number of nitrogens with one attached hydrogen (secondary N) is 1. The Morgan fingerprint density at radius 2 is 2.05 bits per heavy atom. The van der Waals surface area contributed by atoms with Crippen molar-refractivity contribution in [2.24, 2.45) is 0 Å². The first kappa shape index (κ1) is 15.3. The summed E-state index contributed by atoms with van der Waals surface area (Å²) in [6.45, 7) is 3.67. The second kappa shape index (κ2) is 7.08. The molecule has 1 aliphatic carbocycles. The van der Waals surface area contributed by atoms with Crippen LogP contribution in [0.15, 0.2) is 0 Å². The largest absolute Gasteiger partial charge is 0.337 e. The van der Waals surface area contributed by atoms with E-state index in [0.29, 0.717) is 12.6 Å². The van der Waals surface area contributed by atoms with Gasteiger partial charge in [-0.3, -0.25) is 9.69 Å². The Morgan fingerprint density at radius 1 is 1.30 bits per heavy atom. The van der Waals surface area contributed by atoms with Gasteiger partial charge >= 0.3 is 0 Å².